The molecule has 1 aromatic carbocycles. The van der Waals surface area contributed by atoms with Crippen molar-refractivity contribution in [2.24, 2.45) is 0 Å². The van der Waals surface area contributed by atoms with Gasteiger partial charge in [0.05, 0.1) is 22.8 Å². The number of rotatable bonds is 3. The highest BCUT2D eigenvalue weighted by atomic mass is 32.1. The van der Waals surface area contributed by atoms with Gasteiger partial charge in [0.15, 0.2) is 0 Å². The van der Waals surface area contributed by atoms with E-state index >= 15 is 0 Å². The molecule has 0 bridgehead atoms. The first kappa shape index (κ1) is 12.6. The van der Waals surface area contributed by atoms with E-state index < -0.39 is 17.5 Å². The molecule has 0 atom stereocenters. The third kappa shape index (κ3) is 2.89. The van der Waals surface area contributed by atoms with Crippen molar-refractivity contribution in [3.8, 4) is 0 Å². The fourth-order valence-corrected chi connectivity index (χ4v) is 2.04. The largest absolute Gasteiger partial charge is 0.346 e. The van der Waals surface area contributed by atoms with Gasteiger partial charge in [-0.25, -0.2) is 13.8 Å². The molecule has 2 aromatic rings. The fraction of sp³-hybridized carbons (Fsp3) is 0.167. The number of nitrogens with one attached hydrogen (secondary N) is 1. The second-order valence-corrected chi connectivity index (χ2v) is 4.73. The Hall–Kier alpha value is -1.82. The Balaban J connectivity index is 2.05. The molecule has 0 fully saturated rings. The SMILES string of the molecule is Cc1nc(CNC(=O)c2cc(F)ccc2F)cs1. The molecule has 3 nitrogen and oxygen atoms in total. The van der Waals surface area contributed by atoms with Crippen LogP contribution < -0.4 is 5.32 Å². The van der Waals surface area contributed by atoms with Crippen molar-refractivity contribution in [3.63, 3.8) is 0 Å². The van der Waals surface area contributed by atoms with Crippen molar-refractivity contribution < 1.29 is 13.6 Å². The third-order valence-electron chi connectivity index (χ3n) is 2.27. The number of nitrogens with zero attached hydrogens (tertiary/aromatic N) is 1. The standard InChI is InChI=1S/C12H10F2N2OS/c1-7-16-9(6-18-7)5-15-12(17)10-4-8(13)2-3-11(10)14/h2-4,6H,5H2,1H3,(H,15,17). The zero-order valence-electron chi connectivity index (χ0n) is 9.54. The third-order valence-corrected chi connectivity index (χ3v) is 3.09. The maximum atomic E-state index is 13.3. The van der Waals surface area contributed by atoms with E-state index in [1.807, 2.05) is 6.92 Å². The molecule has 1 aromatic heterocycles. The first-order valence-corrected chi connectivity index (χ1v) is 6.08. The normalized spacial score (nSPS) is 10.4. The predicted octanol–water partition coefficient (Wildman–Crippen LogP) is 2.66. The molecule has 1 N–H and O–H groups in total. The minimum atomic E-state index is -0.747. The lowest BCUT2D eigenvalue weighted by atomic mass is 10.2. The Morgan fingerprint density at radius 2 is 2.22 bits per heavy atom. The Kier molecular flexibility index (Phi) is 3.66. The van der Waals surface area contributed by atoms with E-state index in [1.54, 1.807) is 5.38 Å². The van der Waals surface area contributed by atoms with Crippen molar-refractivity contribution in [3.05, 3.63) is 51.5 Å². The molecule has 0 aliphatic rings. The van der Waals surface area contributed by atoms with Gasteiger partial charge in [-0.15, -0.1) is 11.3 Å². The molecular weight excluding hydrogens is 258 g/mol. The van der Waals surface area contributed by atoms with Crippen LogP contribution in [0.15, 0.2) is 23.6 Å². The lowest BCUT2D eigenvalue weighted by molar-refractivity contribution is 0.0946. The summed E-state index contributed by atoms with van der Waals surface area (Å²) in [7, 11) is 0. The highest BCUT2D eigenvalue weighted by molar-refractivity contribution is 7.09. The number of carbonyl (C=O) groups excluding carboxylic acids is 1. The smallest absolute Gasteiger partial charge is 0.254 e. The van der Waals surface area contributed by atoms with Crippen molar-refractivity contribution >= 4 is 17.2 Å². The molecule has 0 spiro atoms. The van der Waals surface area contributed by atoms with Crippen LogP contribution in [0.5, 0.6) is 0 Å². The monoisotopic (exact) mass is 268 g/mol. The highest BCUT2D eigenvalue weighted by Crippen LogP contribution is 2.11. The molecular formula is C12H10F2N2OS. The molecule has 2 rings (SSSR count). The zero-order valence-corrected chi connectivity index (χ0v) is 10.4. The number of benzene rings is 1. The predicted molar refractivity (Wildman–Crippen MR) is 64.4 cm³/mol. The second-order valence-electron chi connectivity index (χ2n) is 3.66. The molecule has 1 heterocycles. The van der Waals surface area contributed by atoms with E-state index in [2.05, 4.69) is 10.3 Å². The van der Waals surface area contributed by atoms with Gasteiger partial charge in [-0.2, -0.15) is 0 Å². The molecule has 0 unspecified atom stereocenters. The molecule has 0 radical (unpaired) electrons. The number of aromatic nitrogens is 1. The second kappa shape index (κ2) is 5.22. The van der Waals surface area contributed by atoms with E-state index in [-0.39, 0.29) is 12.1 Å². The molecule has 0 aliphatic carbocycles. The van der Waals surface area contributed by atoms with Crippen LogP contribution >= 0.6 is 11.3 Å². The molecule has 0 saturated heterocycles. The molecule has 6 heteroatoms. The van der Waals surface area contributed by atoms with Crippen LogP contribution in [0, 0.1) is 18.6 Å². The summed E-state index contributed by atoms with van der Waals surface area (Å²) < 4.78 is 26.2. The van der Waals surface area contributed by atoms with E-state index in [1.165, 1.54) is 11.3 Å². The molecule has 1 amide bonds. The van der Waals surface area contributed by atoms with E-state index in [0.29, 0.717) is 5.69 Å². The van der Waals surface area contributed by atoms with Gasteiger partial charge >= 0.3 is 0 Å². The number of amides is 1. The summed E-state index contributed by atoms with van der Waals surface area (Å²) in [6.45, 7) is 2.04. The van der Waals surface area contributed by atoms with Crippen LogP contribution in [-0.4, -0.2) is 10.9 Å². The van der Waals surface area contributed by atoms with Gasteiger partial charge in [-0.1, -0.05) is 0 Å². The fourth-order valence-electron chi connectivity index (χ4n) is 1.43. The van der Waals surface area contributed by atoms with E-state index in [4.69, 9.17) is 0 Å². The van der Waals surface area contributed by atoms with Crippen LogP contribution in [-0.2, 0) is 6.54 Å². The van der Waals surface area contributed by atoms with Crippen molar-refractivity contribution in [1.29, 1.82) is 0 Å². The van der Waals surface area contributed by atoms with Gasteiger partial charge in [-0.05, 0) is 25.1 Å². The summed E-state index contributed by atoms with van der Waals surface area (Å²) in [5, 5.41) is 5.18. The first-order valence-electron chi connectivity index (χ1n) is 5.20. The van der Waals surface area contributed by atoms with Gasteiger partial charge in [-0.3, -0.25) is 4.79 Å². The van der Waals surface area contributed by atoms with Crippen LogP contribution in [0.2, 0.25) is 0 Å². The maximum Gasteiger partial charge on any atom is 0.254 e. The van der Waals surface area contributed by atoms with Crippen molar-refractivity contribution in [1.82, 2.24) is 10.3 Å². The summed E-state index contributed by atoms with van der Waals surface area (Å²) >= 11 is 1.46. The molecule has 0 aliphatic heterocycles. The number of hydrogen-bond acceptors (Lipinski definition) is 3. The minimum Gasteiger partial charge on any atom is -0.346 e. The highest BCUT2D eigenvalue weighted by Gasteiger charge is 2.12. The average Bonchev–Trinajstić information content (AvgIpc) is 2.75. The van der Waals surface area contributed by atoms with Gasteiger partial charge < -0.3 is 5.32 Å². The summed E-state index contributed by atoms with van der Waals surface area (Å²) in [5.41, 5.74) is 0.393. The molecule has 0 saturated carbocycles. The summed E-state index contributed by atoms with van der Waals surface area (Å²) in [5.74, 6) is -2.05. The topological polar surface area (TPSA) is 42.0 Å². The number of halogens is 2. The van der Waals surface area contributed by atoms with Crippen molar-refractivity contribution in [2.45, 2.75) is 13.5 Å². The van der Waals surface area contributed by atoms with Crippen LogP contribution in [0.1, 0.15) is 21.1 Å². The summed E-state index contributed by atoms with van der Waals surface area (Å²) in [6.07, 6.45) is 0. The van der Waals surface area contributed by atoms with Crippen LogP contribution in [0.3, 0.4) is 0 Å². The lowest BCUT2D eigenvalue weighted by Gasteiger charge is -2.04. The number of hydrogen-bond donors (Lipinski definition) is 1. The van der Waals surface area contributed by atoms with Gasteiger partial charge in [0, 0.05) is 5.38 Å². The lowest BCUT2D eigenvalue weighted by Crippen LogP contribution is -2.24. The number of aryl methyl sites for hydroxylation is 1. The molecule has 18 heavy (non-hydrogen) atoms. The summed E-state index contributed by atoms with van der Waals surface area (Å²) in [4.78, 5) is 15.8. The van der Waals surface area contributed by atoms with Crippen LogP contribution in [0.4, 0.5) is 8.78 Å². The van der Waals surface area contributed by atoms with E-state index in [9.17, 15) is 13.6 Å². The van der Waals surface area contributed by atoms with Crippen LogP contribution in [0.25, 0.3) is 0 Å². The first-order chi connectivity index (χ1) is 8.56. The molecule has 94 valence electrons. The Morgan fingerprint density at radius 1 is 1.44 bits per heavy atom. The maximum absolute atomic E-state index is 13.3. The minimum absolute atomic E-state index is 0.194. The Bertz CT molecular complexity index is 583. The quantitative estimate of drug-likeness (QED) is 0.929. The van der Waals surface area contributed by atoms with Gasteiger partial charge in [0.1, 0.15) is 11.6 Å². The van der Waals surface area contributed by atoms with E-state index in [0.717, 1.165) is 23.2 Å². The average molecular weight is 268 g/mol. The van der Waals surface area contributed by atoms with Gasteiger partial charge in [0.25, 0.3) is 5.91 Å². The Labute approximate surface area is 106 Å². The Morgan fingerprint density at radius 3 is 2.89 bits per heavy atom. The number of carbonyl (C=O) groups is 1. The van der Waals surface area contributed by atoms with Crippen molar-refractivity contribution in [2.75, 3.05) is 0 Å². The van der Waals surface area contributed by atoms with Gasteiger partial charge in [0.2, 0.25) is 0 Å². The summed E-state index contributed by atoms with van der Waals surface area (Å²) in [6, 6.07) is 2.77. The zero-order chi connectivity index (χ0) is 13.1. The number of thiazole rings is 1.